The first-order chi connectivity index (χ1) is 11.7. The van der Waals surface area contributed by atoms with E-state index in [0.29, 0.717) is 12.3 Å². The quantitative estimate of drug-likeness (QED) is 0.746. The molecule has 2 N–H and O–H groups in total. The van der Waals surface area contributed by atoms with Gasteiger partial charge in [-0.05, 0) is 24.6 Å². The van der Waals surface area contributed by atoms with Crippen LogP contribution in [0.5, 0.6) is 17.2 Å². The van der Waals surface area contributed by atoms with E-state index >= 15 is 0 Å². The molecule has 0 unspecified atom stereocenters. The van der Waals surface area contributed by atoms with Gasteiger partial charge in [-0.1, -0.05) is 24.3 Å². The second kappa shape index (κ2) is 6.66. The summed E-state index contributed by atoms with van der Waals surface area (Å²) in [6, 6.07) is 11.3. The zero-order valence-electron chi connectivity index (χ0n) is 14.0. The van der Waals surface area contributed by atoms with Gasteiger partial charge in [0.25, 0.3) is 0 Å². The molecule has 0 spiro atoms. The molecule has 1 heterocycles. The summed E-state index contributed by atoms with van der Waals surface area (Å²) in [5, 5.41) is 14.6. The van der Waals surface area contributed by atoms with Crippen LogP contribution >= 0.6 is 0 Å². The third kappa shape index (κ3) is 2.80. The molecular weight excluding hydrogens is 304 g/mol. The molecule has 0 radical (unpaired) electrons. The molecule has 0 saturated carbocycles. The van der Waals surface area contributed by atoms with Crippen LogP contribution in [-0.2, 0) is 6.54 Å². The first-order valence-corrected chi connectivity index (χ1v) is 7.66. The SMILES string of the molecule is COc1cccc(CNc2c(C)cnc3c(OC)cccc23)c1O. The number of aromatic nitrogens is 1. The number of ether oxygens (including phenoxy) is 2. The molecule has 3 aromatic rings. The molecule has 0 bridgehead atoms. The van der Waals surface area contributed by atoms with Crippen LogP contribution in [0.15, 0.2) is 42.6 Å². The molecule has 0 aliphatic rings. The molecule has 0 aliphatic heterocycles. The molecule has 1 aromatic heterocycles. The molecule has 3 rings (SSSR count). The second-order valence-electron chi connectivity index (χ2n) is 5.49. The molecule has 124 valence electrons. The fraction of sp³-hybridized carbons (Fsp3) is 0.211. The summed E-state index contributed by atoms with van der Waals surface area (Å²) in [6.45, 7) is 2.47. The molecule has 5 nitrogen and oxygen atoms in total. The van der Waals surface area contributed by atoms with E-state index < -0.39 is 0 Å². The van der Waals surface area contributed by atoms with Crippen molar-refractivity contribution in [3.05, 3.63) is 53.7 Å². The maximum atomic E-state index is 10.2. The Kier molecular flexibility index (Phi) is 4.42. The summed E-state index contributed by atoms with van der Waals surface area (Å²) in [5.41, 5.74) is 3.57. The Morgan fingerprint density at radius 1 is 1.04 bits per heavy atom. The lowest BCUT2D eigenvalue weighted by atomic mass is 10.1. The predicted molar refractivity (Wildman–Crippen MR) is 95.0 cm³/mol. The van der Waals surface area contributed by atoms with Gasteiger partial charge in [0.2, 0.25) is 0 Å². The number of nitrogens with zero attached hydrogens (tertiary/aromatic N) is 1. The number of nitrogens with one attached hydrogen (secondary N) is 1. The standard InChI is InChI=1S/C19H20N2O3/c1-12-10-20-18-14(7-5-8-15(18)23-2)17(12)21-11-13-6-4-9-16(24-3)19(13)22/h4-10,22H,11H2,1-3H3,(H,20,21). The number of hydrogen-bond donors (Lipinski definition) is 2. The number of anilines is 1. The van der Waals surface area contributed by atoms with Gasteiger partial charge in [0.05, 0.1) is 14.2 Å². The van der Waals surface area contributed by atoms with Crippen LogP contribution in [-0.4, -0.2) is 24.3 Å². The van der Waals surface area contributed by atoms with Crippen LogP contribution in [0.1, 0.15) is 11.1 Å². The molecule has 0 atom stereocenters. The van der Waals surface area contributed by atoms with Crippen LogP contribution in [0.4, 0.5) is 5.69 Å². The molecular formula is C19H20N2O3. The lowest BCUT2D eigenvalue weighted by Crippen LogP contribution is -2.03. The summed E-state index contributed by atoms with van der Waals surface area (Å²) in [4.78, 5) is 4.48. The van der Waals surface area contributed by atoms with Crippen molar-refractivity contribution < 1.29 is 14.6 Å². The number of methoxy groups -OCH3 is 2. The van der Waals surface area contributed by atoms with Crippen molar-refractivity contribution in [3.63, 3.8) is 0 Å². The van der Waals surface area contributed by atoms with Crippen LogP contribution < -0.4 is 14.8 Å². The average molecular weight is 324 g/mol. The van der Waals surface area contributed by atoms with Crippen LogP contribution in [0.3, 0.4) is 0 Å². The van der Waals surface area contributed by atoms with Crippen molar-refractivity contribution in [2.75, 3.05) is 19.5 Å². The highest BCUT2D eigenvalue weighted by Gasteiger charge is 2.11. The number of para-hydroxylation sites is 2. The van der Waals surface area contributed by atoms with Gasteiger partial charge in [-0.15, -0.1) is 0 Å². The van der Waals surface area contributed by atoms with Gasteiger partial charge in [-0.3, -0.25) is 4.98 Å². The van der Waals surface area contributed by atoms with Crippen molar-refractivity contribution in [3.8, 4) is 17.2 Å². The smallest absolute Gasteiger partial charge is 0.162 e. The summed E-state index contributed by atoms with van der Waals surface area (Å²) < 4.78 is 10.5. The third-order valence-electron chi connectivity index (χ3n) is 4.03. The van der Waals surface area contributed by atoms with E-state index in [2.05, 4.69) is 10.3 Å². The van der Waals surface area contributed by atoms with E-state index in [1.807, 2.05) is 43.5 Å². The second-order valence-corrected chi connectivity index (χ2v) is 5.49. The van der Waals surface area contributed by atoms with Crippen molar-refractivity contribution in [2.45, 2.75) is 13.5 Å². The van der Waals surface area contributed by atoms with Gasteiger partial charge in [0.1, 0.15) is 11.3 Å². The Bertz CT molecular complexity index is 878. The minimum atomic E-state index is 0.154. The summed E-state index contributed by atoms with van der Waals surface area (Å²) >= 11 is 0. The molecule has 2 aromatic carbocycles. The zero-order chi connectivity index (χ0) is 17.1. The Balaban J connectivity index is 1.97. The summed E-state index contributed by atoms with van der Waals surface area (Å²) in [7, 11) is 3.18. The van der Waals surface area contributed by atoms with E-state index in [4.69, 9.17) is 9.47 Å². The fourth-order valence-corrected chi connectivity index (χ4v) is 2.75. The minimum Gasteiger partial charge on any atom is -0.504 e. The number of phenols is 1. The maximum absolute atomic E-state index is 10.2. The largest absolute Gasteiger partial charge is 0.504 e. The number of aryl methyl sites for hydroxylation is 1. The molecule has 24 heavy (non-hydrogen) atoms. The minimum absolute atomic E-state index is 0.154. The monoisotopic (exact) mass is 324 g/mol. The first kappa shape index (κ1) is 15.9. The van der Waals surface area contributed by atoms with E-state index in [1.54, 1.807) is 20.3 Å². The van der Waals surface area contributed by atoms with Crippen molar-refractivity contribution in [2.24, 2.45) is 0 Å². The normalized spacial score (nSPS) is 10.6. The Morgan fingerprint density at radius 2 is 1.75 bits per heavy atom. The van der Waals surface area contributed by atoms with E-state index in [0.717, 1.165) is 33.5 Å². The number of rotatable bonds is 5. The van der Waals surface area contributed by atoms with Gasteiger partial charge < -0.3 is 19.9 Å². The molecule has 0 saturated heterocycles. The van der Waals surface area contributed by atoms with Gasteiger partial charge in [0.15, 0.2) is 11.5 Å². The highest BCUT2D eigenvalue weighted by atomic mass is 16.5. The Hall–Kier alpha value is -2.95. The number of phenolic OH excluding ortho intramolecular Hbond substituents is 1. The Labute approximate surface area is 140 Å². The highest BCUT2D eigenvalue weighted by Crippen LogP contribution is 2.33. The summed E-state index contributed by atoms with van der Waals surface area (Å²) in [6.07, 6.45) is 1.82. The van der Waals surface area contributed by atoms with Crippen molar-refractivity contribution >= 4 is 16.6 Å². The van der Waals surface area contributed by atoms with Crippen molar-refractivity contribution in [1.29, 1.82) is 0 Å². The number of hydrogen-bond acceptors (Lipinski definition) is 5. The number of fused-ring (bicyclic) bond motifs is 1. The lowest BCUT2D eigenvalue weighted by Gasteiger charge is -2.15. The molecule has 5 heteroatoms. The van der Waals surface area contributed by atoms with Gasteiger partial charge in [-0.25, -0.2) is 0 Å². The molecule has 0 fully saturated rings. The van der Waals surface area contributed by atoms with Crippen molar-refractivity contribution in [1.82, 2.24) is 4.98 Å². The third-order valence-corrected chi connectivity index (χ3v) is 4.03. The van der Waals surface area contributed by atoms with Gasteiger partial charge >= 0.3 is 0 Å². The van der Waals surface area contributed by atoms with Crippen LogP contribution in [0, 0.1) is 6.92 Å². The van der Waals surface area contributed by atoms with E-state index in [-0.39, 0.29) is 5.75 Å². The number of aromatic hydroxyl groups is 1. The van der Waals surface area contributed by atoms with E-state index in [1.165, 1.54) is 0 Å². The molecule has 0 amide bonds. The first-order valence-electron chi connectivity index (χ1n) is 7.66. The molecule has 0 aliphatic carbocycles. The van der Waals surface area contributed by atoms with Crippen LogP contribution in [0.25, 0.3) is 10.9 Å². The number of benzene rings is 2. The lowest BCUT2D eigenvalue weighted by molar-refractivity contribution is 0.371. The van der Waals surface area contributed by atoms with Gasteiger partial charge in [0, 0.05) is 29.4 Å². The van der Waals surface area contributed by atoms with E-state index in [9.17, 15) is 5.11 Å². The maximum Gasteiger partial charge on any atom is 0.162 e. The Morgan fingerprint density at radius 3 is 2.50 bits per heavy atom. The summed E-state index contributed by atoms with van der Waals surface area (Å²) in [5.74, 6) is 1.35. The van der Waals surface area contributed by atoms with Gasteiger partial charge in [-0.2, -0.15) is 0 Å². The topological polar surface area (TPSA) is 63.6 Å². The zero-order valence-corrected chi connectivity index (χ0v) is 14.0. The average Bonchev–Trinajstić information content (AvgIpc) is 2.61. The number of pyridine rings is 1. The fourth-order valence-electron chi connectivity index (χ4n) is 2.75. The highest BCUT2D eigenvalue weighted by molar-refractivity contribution is 5.96. The predicted octanol–water partition coefficient (Wildman–Crippen LogP) is 3.88. The van der Waals surface area contributed by atoms with Crippen LogP contribution in [0.2, 0.25) is 0 Å².